The molecule has 1 atom stereocenters. The summed E-state index contributed by atoms with van der Waals surface area (Å²) < 4.78 is 8.42. The first-order chi connectivity index (χ1) is 8.96. The van der Waals surface area contributed by atoms with Gasteiger partial charge in [-0.15, -0.1) is 0 Å². The summed E-state index contributed by atoms with van der Waals surface area (Å²) in [4.78, 5) is 0. The van der Waals surface area contributed by atoms with Crippen LogP contribution in [-0.4, -0.2) is 26.1 Å². The van der Waals surface area contributed by atoms with Crippen LogP contribution in [0.2, 0.25) is 19.6 Å². The summed E-state index contributed by atoms with van der Waals surface area (Å²) in [6, 6.07) is 11.2. The summed E-state index contributed by atoms with van der Waals surface area (Å²) in [5.74, 6) is 0. The van der Waals surface area contributed by atoms with Gasteiger partial charge in [0, 0.05) is 12.6 Å². The van der Waals surface area contributed by atoms with Crippen LogP contribution in [0.5, 0.6) is 0 Å². The summed E-state index contributed by atoms with van der Waals surface area (Å²) in [7, 11) is -1.38. The van der Waals surface area contributed by atoms with Crippen LogP contribution in [0.25, 0.3) is 0 Å². The molecule has 108 valence electrons. The second-order valence-electron chi connectivity index (χ2n) is 6.12. The smallest absolute Gasteiger partial charge is 0.122 e. The lowest BCUT2D eigenvalue weighted by Crippen LogP contribution is -2.48. The van der Waals surface area contributed by atoms with Crippen LogP contribution in [0.4, 0.5) is 0 Å². The van der Waals surface area contributed by atoms with E-state index in [1.54, 1.807) is 0 Å². The maximum Gasteiger partial charge on any atom is 0.122 e. The highest BCUT2D eigenvalue weighted by atomic mass is 28.3. The maximum absolute atomic E-state index is 5.87. The predicted octanol–water partition coefficient (Wildman–Crippen LogP) is 4.66. The van der Waals surface area contributed by atoms with Gasteiger partial charge in [-0.3, -0.25) is 4.57 Å². The Labute approximate surface area is 119 Å². The molecule has 0 saturated carbocycles. The van der Waals surface area contributed by atoms with Gasteiger partial charge >= 0.3 is 0 Å². The minimum atomic E-state index is -1.38. The van der Waals surface area contributed by atoms with E-state index >= 15 is 0 Å². The number of hydrogen-bond acceptors (Lipinski definition) is 2. The molecule has 3 heteroatoms. The van der Waals surface area contributed by atoms with Crippen molar-refractivity contribution in [3.05, 3.63) is 35.9 Å². The Morgan fingerprint density at radius 3 is 2.32 bits per heavy atom. The van der Waals surface area contributed by atoms with Crippen molar-refractivity contribution < 1.29 is 4.74 Å². The standard InChI is InChI=1S/C16H29NOSi/c1-6-7-13-18-14-17(19(3,4)5)15(2)16-11-9-8-10-12-16/h8-12,15H,6-7,13-14H2,1-5H3. The third kappa shape index (κ3) is 5.47. The van der Waals surface area contributed by atoms with Gasteiger partial charge in [0.25, 0.3) is 0 Å². The molecule has 2 nitrogen and oxygen atoms in total. The molecule has 19 heavy (non-hydrogen) atoms. The first-order valence-corrected chi connectivity index (χ1v) is 10.8. The molecule has 1 rings (SSSR count). The second-order valence-corrected chi connectivity index (χ2v) is 11.0. The van der Waals surface area contributed by atoms with Gasteiger partial charge < -0.3 is 4.74 Å². The van der Waals surface area contributed by atoms with Crippen molar-refractivity contribution in [2.45, 2.75) is 52.4 Å². The molecule has 0 aliphatic carbocycles. The van der Waals surface area contributed by atoms with Gasteiger partial charge in [0.1, 0.15) is 8.24 Å². The van der Waals surface area contributed by atoms with Crippen LogP contribution in [-0.2, 0) is 4.74 Å². The molecular formula is C16H29NOSi. The van der Waals surface area contributed by atoms with Gasteiger partial charge in [-0.25, -0.2) is 0 Å². The first kappa shape index (κ1) is 16.4. The van der Waals surface area contributed by atoms with Crippen molar-refractivity contribution in [2.75, 3.05) is 13.3 Å². The largest absolute Gasteiger partial charge is 0.367 e. The average Bonchev–Trinajstić information content (AvgIpc) is 2.37. The lowest BCUT2D eigenvalue weighted by atomic mass is 10.1. The molecule has 0 aliphatic rings. The van der Waals surface area contributed by atoms with E-state index in [1.807, 2.05) is 0 Å². The molecule has 0 heterocycles. The van der Waals surface area contributed by atoms with E-state index in [0.717, 1.165) is 19.8 Å². The first-order valence-electron chi connectivity index (χ1n) is 7.36. The third-order valence-electron chi connectivity index (χ3n) is 3.48. The average molecular weight is 280 g/mol. The quantitative estimate of drug-likeness (QED) is 0.390. The number of hydrogen-bond donors (Lipinski definition) is 0. The Balaban J connectivity index is 2.69. The zero-order chi connectivity index (χ0) is 14.3. The summed E-state index contributed by atoms with van der Waals surface area (Å²) in [5.41, 5.74) is 1.38. The second kappa shape index (κ2) is 7.83. The Hall–Kier alpha value is -0.643. The lowest BCUT2D eigenvalue weighted by molar-refractivity contribution is 0.0492. The van der Waals surface area contributed by atoms with Crippen LogP contribution in [0.3, 0.4) is 0 Å². The van der Waals surface area contributed by atoms with Crippen molar-refractivity contribution in [2.24, 2.45) is 0 Å². The van der Waals surface area contributed by atoms with E-state index in [0.29, 0.717) is 6.04 Å². The highest BCUT2D eigenvalue weighted by molar-refractivity contribution is 6.73. The fraction of sp³-hybridized carbons (Fsp3) is 0.625. The third-order valence-corrected chi connectivity index (χ3v) is 5.72. The van der Waals surface area contributed by atoms with Crippen LogP contribution < -0.4 is 0 Å². The molecule has 0 fully saturated rings. The lowest BCUT2D eigenvalue weighted by Gasteiger charge is -2.39. The Morgan fingerprint density at radius 2 is 1.79 bits per heavy atom. The monoisotopic (exact) mass is 279 g/mol. The highest BCUT2D eigenvalue weighted by Gasteiger charge is 2.28. The molecule has 1 aromatic rings. The molecule has 0 aromatic heterocycles. The van der Waals surface area contributed by atoms with Crippen molar-refractivity contribution in [1.29, 1.82) is 0 Å². The fourth-order valence-corrected chi connectivity index (χ4v) is 4.00. The van der Waals surface area contributed by atoms with Crippen LogP contribution in [0.15, 0.2) is 30.3 Å². The van der Waals surface area contributed by atoms with Gasteiger partial charge in [-0.1, -0.05) is 63.3 Å². The zero-order valence-corrected chi connectivity index (χ0v) is 14.1. The highest BCUT2D eigenvalue weighted by Crippen LogP contribution is 2.25. The SMILES string of the molecule is CCCCOCN(C(C)c1ccccc1)[Si](C)(C)C. The minimum absolute atomic E-state index is 0.425. The molecule has 0 spiro atoms. The van der Waals surface area contributed by atoms with Crippen molar-refractivity contribution >= 4 is 8.24 Å². The van der Waals surface area contributed by atoms with Crippen molar-refractivity contribution in [3.63, 3.8) is 0 Å². The molecule has 0 bridgehead atoms. The number of rotatable bonds is 8. The molecule has 0 amide bonds. The van der Waals surface area contributed by atoms with Crippen LogP contribution in [0, 0.1) is 0 Å². The number of ether oxygens (including phenoxy) is 1. The Bertz CT molecular complexity index is 348. The molecule has 0 radical (unpaired) electrons. The molecule has 0 aliphatic heterocycles. The van der Waals surface area contributed by atoms with E-state index in [9.17, 15) is 0 Å². The predicted molar refractivity (Wildman–Crippen MR) is 85.8 cm³/mol. The topological polar surface area (TPSA) is 12.5 Å². The summed E-state index contributed by atoms with van der Waals surface area (Å²) in [5, 5.41) is 0. The Morgan fingerprint density at radius 1 is 1.16 bits per heavy atom. The molecule has 1 unspecified atom stereocenters. The zero-order valence-electron chi connectivity index (χ0n) is 13.1. The summed E-state index contributed by atoms with van der Waals surface area (Å²) >= 11 is 0. The number of nitrogens with zero attached hydrogens (tertiary/aromatic N) is 1. The summed E-state index contributed by atoms with van der Waals surface area (Å²) in [6.45, 7) is 13.3. The Kier molecular flexibility index (Phi) is 6.76. The van der Waals surface area contributed by atoms with E-state index < -0.39 is 8.24 Å². The van der Waals surface area contributed by atoms with Crippen LogP contribution >= 0.6 is 0 Å². The van der Waals surface area contributed by atoms with Gasteiger partial charge in [0.05, 0.1) is 6.73 Å². The molecular weight excluding hydrogens is 250 g/mol. The fourth-order valence-electron chi connectivity index (χ4n) is 2.21. The van der Waals surface area contributed by atoms with Crippen LogP contribution in [0.1, 0.15) is 38.3 Å². The van der Waals surface area contributed by atoms with Gasteiger partial charge in [-0.05, 0) is 18.9 Å². The van der Waals surface area contributed by atoms with E-state index in [1.165, 1.54) is 12.0 Å². The minimum Gasteiger partial charge on any atom is -0.367 e. The molecule has 0 saturated heterocycles. The van der Waals surface area contributed by atoms with E-state index in [2.05, 4.69) is 68.4 Å². The van der Waals surface area contributed by atoms with Gasteiger partial charge in [0.2, 0.25) is 0 Å². The normalized spacial score (nSPS) is 13.8. The maximum atomic E-state index is 5.87. The van der Waals surface area contributed by atoms with Gasteiger partial charge in [-0.2, -0.15) is 0 Å². The van der Waals surface area contributed by atoms with Gasteiger partial charge in [0.15, 0.2) is 0 Å². The summed E-state index contributed by atoms with van der Waals surface area (Å²) in [6.07, 6.45) is 2.35. The van der Waals surface area contributed by atoms with E-state index in [-0.39, 0.29) is 0 Å². The van der Waals surface area contributed by atoms with Crippen molar-refractivity contribution in [3.8, 4) is 0 Å². The molecule has 0 N–H and O–H groups in total. The molecule has 1 aromatic carbocycles. The number of unbranched alkanes of at least 4 members (excludes halogenated alkanes) is 1. The van der Waals surface area contributed by atoms with E-state index in [4.69, 9.17) is 4.74 Å². The number of benzene rings is 1. The van der Waals surface area contributed by atoms with Crippen molar-refractivity contribution in [1.82, 2.24) is 4.57 Å².